The molecule has 0 aromatic rings. The second kappa shape index (κ2) is 4.68. The first kappa shape index (κ1) is 13.6. The summed E-state index contributed by atoms with van der Waals surface area (Å²) in [6.07, 6.45) is 5.14. The largest absolute Gasteiger partial charge is 0.458 e. The lowest BCUT2D eigenvalue weighted by molar-refractivity contribution is -0.165. The highest BCUT2D eigenvalue weighted by atomic mass is 127. The Labute approximate surface area is 116 Å². The predicted octanol–water partition coefficient (Wildman–Crippen LogP) is 2.83. The van der Waals surface area contributed by atoms with Crippen molar-refractivity contribution < 1.29 is 14.6 Å². The summed E-state index contributed by atoms with van der Waals surface area (Å²) in [4.78, 5) is 11.9. The van der Waals surface area contributed by atoms with Gasteiger partial charge in [-0.1, -0.05) is 29.5 Å². The zero-order valence-electron chi connectivity index (χ0n) is 10.5. The fourth-order valence-electron chi connectivity index (χ4n) is 3.12. The van der Waals surface area contributed by atoms with Crippen LogP contribution in [0.4, 0.5) is 0 Å². The van der Waals surface area contributed by atoms with Gasteiger partial charge in [0, 0.05) is 0 Å². The molecular weight excluding hydrogens is 331 g/mol. The maximum Gasteiger partial charge on any atom is 0.319 e. The van der Waals surface area contributed by atoms with Gasteiger partial charge < -0.3 is 9.84 Å². The number of rotatable bonds is 3. The van der Waals surface area contributed by atoms with Crippen LogP contribution in [0, 0.1) is 5.92 Å². The molecule has 3 nitrogen and oxygen atoms in total. The number of carbonyl (C=O) groups excluding carboxylic acids is 1. The van der Waals surface area contributed by atoms with Crippen LogP contribution in [0.25, 0.3) is 0 Å². The lowest BCUT2D eigenvalue weighted by atomic mass is 9.75. The zero-order chi connectivity index (χ0) is 12.7. The quantitative estimate of drug-likeness (QED) is 0.483. The number of hydrogen-bond acceptors (Lipinski definition) is 3. The minimum Gasteiger partial charge on any atom is -0.458 e. The fraction of sp³-hybridized carbons (Fsp3) is 0.923. The number of alkyl halides is 1. The first-order valence-electron chi connectivity index (χ1n) is 6.48. The Morgan fingerprint density at radius 3 is 2.88 bits per heavy atom. The van der Waals surface area contributed by atoms with Crippen molar-refractivity contribution in [1.82, 2.24) is 0 Å². The number of fused-ring (bicyclic) bond motifs is 2. The third-order valence-corrected chi connectivity index (χ3v) is 5.85. The standard InChI is InChI=1S/C13H21IO3/c1-3-10(14)11(15)17-13-5-4-9(8-13)12(2,16)6-7-13/h9-10,16H,3-8H2,1-2H3. The molecule has 0 aromatic carbocycles. The van der Waals surface area contributed by atoms with Gasteiger partial charge in [0.05, 0.1) is 5.60 Å². The van der Waals surface area contributed by atoms with Crippen LogP contribution in [0.15, 0.2) is 0 Å². The first-order chi connectivity index (χ1) is 7.88. The Hall–Kier alpha value is 0.160. The van der Waals surface area contributed by atoms with Gasteiger partial charge in [-0.15, -0.1) is 0 Å². The Bertz CT molecular complexity index is 316. The second-order valence-corrected chi connectivity index (χ2v) is 7.28. The molecule has 0 saturated heterocycles. The van der Waals surface area contributed by atoms with Crippen LogP contribution >= 0.6 is 22.6 Å². The second-order valence-electron chi connectivity index (χ2n) is 5.78. The Morgan fingerprint density at radius 1 is 1.53 bits per heavy atom. The number of aliphatic hydroxyl groups is 1. The lowest BCUT2D eigenvalue weighted by Crippen LogP contribution is -2.45. The molecular formula is C13H21IO3. The van der Waals surface area contributed by atoms with Crippen molar-refractivity contribution >= 4 is 28.6 Å². The molecule has 0 aromatic heterocycles. The molecule has 2 aliphatic rings. The lowest BCUT2D eigenvalue weighted by Gasteiger charge is -2.40. The van der Waals surface area contributed by atoms with Crippen molar-refractivity contribution in [1.29, 1.82) is 0 Å². The van der Waals surface area contributed by atoms with Crippen LogP contribution in [-0.2, 0) is 9.53 Å². The molecule has 98 valence electrons. The van der Waals surface area contributed by atoms with E-state index in [2.05, 4.69) is 22.6 Å². The van der Waals surface area contributed by atoms with Gasteiger partial charge in [0.15, 0.2) is 0 Å². The van der Waals surface area contributed by atoms with Gasteiger partial charge >= 0.3 is 5.97 Å². The number of esters is 1. The van der Waals surface area contributed by atoms with E-state index in [4.69, 9.17) is 4.74 Å². The predicted molar refractivity (Wildman–Crippen MR) is 74.1 cm³/mol. The molecule has 0 radical (unpaired) electrons. The van der Waals surface area contributed by atoms with Crippen LogP contribution in [0.2, 0.25) is 0 Å². The van der Waals surface area contributed by atoms with Crippen LogP contribution < -0.4 is 0 Å². The molecule has 2 saturated carbocycles. The van der Waals surface area contributed by atoms with Gasteiger partial charge in [0.1, 0.15) is 9.53 Å². The van der Waals surface area contributed by atoms with E-state index < -0.39 is 5.60 Å². The SMILES string of the molecule is CCC(I)C(=O)OC12CCC(C1)C(C)(O)CC2. The molecule has 4 heteroatoms. The van der Waals surface area contributed by atoms with E-state index in [1.165, 1.54) is 0 Å². The minimum atomic E-state index is -0.555. The molecule has 0 heterocycles. The molecule has 4 unspecified atom stereocenters. The summed E-state index contributed by atoms with van der Waals surface area (Å²) in [6.45, 7) is 3.92. The van der Waals surface area contributed by atoms with E-state index in [1.807, 2.05) is 13.8 Å². The van der Waals surface area contributed by atoms with Gasteiger partial charge in [0.2, 0.25) is 0 Å². The van der Waals surface area contributed by atoms with E-state index in [9.17, 15) is 9.90 Å². The van der Waals surface area contributed by atoms with Crippen molar-refractivity contribution in [2.45, 2.75) is 67.5 Å². The molecule has 1 N–H and O–H groups in total. The summed E-state index contributed by atoms with van der Waals surface area (Å²) in [7, 11) is 0. The van der Waals surface area contributed by atoms with Crippen molar-refractivity contribution in [3.63, 3.8) is 0 Å². The average molecular weight is 352 g/mol. The van der Waals surface area contributed by atoms with E-state index in [0.29, 0.717) is 5.92 Å². The summed E-state index contributed by atoms with van der Waals surface area (Å²) in [5.74, 6) is 0.230. The van der Waals surface area contributed by atoms with Crippen molar-refractivity contribution in [2.75, 3.05) is 0 Å². The minimum absolute atomic E-state index is 0.0385. The van der Waals surface area contributed by atoms with Gasteiger partial charge in [-0.25, -0.2) is 0 Å². The van der Waals surface area contributed by atoms with Crippen LogP contribution in [0.3, 0.4) is 0 Å². The molecule has 4 atom stereocenters. The summed E-state index contributed by atoms with van der Waals surface area (Å²) in [6, 6.07) is 0. The zero-order valence-corrected chi connectivity index (χ0v) is 12.7. The van der Waals surface area contributed by atoms with Crippen LogP contribution in [0.5, 0.6) is 0 Å². The summed E-state index contributed by atoms with van der Waals surface area (Å²) >= 11 is 2.15. The highest BCUT2D eigenvalue weighted by Crippen LogP contribution is 2.51. The summed E-state index contributed by atoms with van der Waals surface area (Å²) in [5, 5.41) is 10.2. The number of halogens is 1. The van der Waals surface area contributed by atoms with Crippen LogP contribution in [0.1, 0.15) is 52.4 Å². The maximum absolute atomic E-state index is 11.9. The fourth-order valence-corrected chi connectivity index (χ4v) is 3.25. The van der Waals surface area contributed by atoms with Crippen LogP contribution in [-0.4, -0.2) is 26.2 Å². The molecule has 2 aliphatic carbocycles. The maximum atomic E-state index is 11.9. The van der Waals surface area contributed by atoms with Gasteiger partial charge in [-0.05, 0) is 51.4 Å². The van der Waals surface area contributed by atoms with Crippen molar-refractivity contribution in [3.8, 4) is 0 Å². The number of hydrogen-bond donors (Lipinski definition) is 1. The normalized spacial score (nSPS) is 42.2. The van der Waals surface area contributed by atoms with Gasteiger partial charge in [0.25, 0.3) is 0 Å². The molecule has 0 aliphatic heterocycles. The molecule has 0 amide bonds. The third-order valence-electron chi connectivity index (χ3n) is 4.46. The Morgan fingerprint density at radius 2 is 2.24 bits per heavy atom. The van der Waals surface area contributed by atoms with Gasteiger partial charge in [-0.3, -0.25) is 4.79 Å². The first-order valence-corrected chi connectivity index (χ1v) is 7.72. The highest BCUT2D eigenvalue weighted by molar-refractivity contribution is 14.1. The summed E-state index contributed by atoms with van der Waals surface area (Å²) in [5.41, 5.74) is -0.816. The smallest absolute Gasteiger partial charge is 0.319 e. The van der Waals surface area contributed by atoms with E-state index in [0.717, 1.165) is 38.5 Å². The molecule has 2 rings (SSSR count). The Kier molecular flexibility index (Phi) is 3.74. The van der Waals surface area contributed by atoms with Crippen molar-refractivity contribution in [3.05, 3.63) is 0 Å². The topological polar surface area (TPSA) is 46.5 Å². The van der Waals surface area contributed by atoms with E-state index in [-0.39, 0.29) is 15.5 Å². The van der Waals surface area contributed by atoms with E-state index in [1.54, 1.807) is 0 Å². The average Bonchev–Trinajstić information content (AvgIpc) is 2.66. The van der Waals surface area contributed by atoms with E-state index >= 15 is 0 Å². The Balaban J connectivity index is 2.01. The molecule has 2 bridgehead atoms. The third kappa shape index (κ3) is 2.62. The molecule has 17 heavy (non-hydrogen) atoms. The van der Waals surface area contributed by atoms with Crippen molar-refractivity contribution in [2.24, 2.45) is 5.92 Å². The molecule has 0 spiro atoms. The van der Waals surface area contributed by atoms with Gasteiger partial charge in [-0.2, -0.15) is 0 Å². The number of carbonyl (C=O) groups is 1. The molecule has 2 fully saturated rings. The highest BCUT2D eigenvalue weighted by Gasteiger charge is 2.53. The monoisotopic (exact) mass is 352 g/mol. The number of ether oxygens (including phenoxy) is 1. The summed E-state index contributed by atoms with van der Waals surface area (Å²) < 4.78 is 5.72.